The minimum Gasteiger partial charge on any atom is -0.455 e. The highest BCUT2D eigenvalue weighted by molar-refractivity contribution is 7.92. The van der Waals surface area contributed by atoms with Crippen LogP contribution in [0.1, 0.15) is 34.7 Å². The lowest BCUT2D eigenvalue weighted by atomic mass is 9.88. The van der Waals surface area contributed by atoms with E-state index in [1.165, 1.54) is 30.5 Å². The molecule has 218 valence electrons. The van der Waals surface area contributed by atoms with Crippen LogP contribution in [-0.4, -0.2) is 57.3 Å². The van der Waals surface area contributed by atoms with Gasteiger partial charge in [0.1, 0.15) is 17.2 Å². The van der Waals surface area contributed by atoms with Gasteiger partial charge in [0, 0.05) is 57.2 Å². The molecule has 1 amide bonds. The number of aromatic nitrogens is 2. The van der Waals surface area contributed by atoms with Gasteiger partial charge >= 0.3 is 0 Å². The van der Waals surface area contributed by atoms with Gasteiger partial charge in [0.15, 0.2) is 0 Å². The van der Waals surface area contributed by atoms with Crippen molar-refractivity contribution < 1.29 is 22.0 Å². The smallest absolute Gasteiger partial charge is 0.255 e. The van der Waals surface area contributed by atoms with Crippen LogP contribution in [0.5, 0.6) is 0 Å². The Hall–Kier alpha value is -4.38. The van der Waals surface area contributed by atoms with Crippen LogP contribution >= 0.6 is 0 Å². The molecule has 1 aliphatic rings. The van der Waals surface area contributed by atoms with Gasteiger partial charge in [-0.15, -0.1) is 0 Å². The molecule has 3 aromatic carbocycles. The van der Waals surface area contributed by atoms with Gasteiger partial charge in [0.05, 0.1) is 28.5 Å². The van der Waals surface area contributed by atoms with Gasteiger partial charge < -0.3 is 19.2 Å². The third kappa shape index (κ3) is 4.77. The zero-order chi connectivity index (χ0) is 29.8. The largest absolute Gasteiger partial charge is 0.455 e. The summed E-state index contributed by atoms with van der Waals surface area (Å²) in [6.07, 6.45) is 2.87. The van der Waals surface area contributed by atoms with E-state index in [0.717, 1.165) is 48.2 Å². The number of benzene rings is 3. The lowest BCUT2D eigenvalue weighted by Gasteiger charge is -2.35. The number of imidazole rings is 1. The summed E-state index contributed by atoms with van der Waals surface area (Å²) in [4.78, 5) is 20.3. The minimum atomic E-state index is -3.62. The van der Waals surface area contributed by atoms with E-state index in [-0.39, 0.29) is 11.8 Å². The molecule has 3 heterocycles. The summed E-state index contributed by atoms with van der Waals surface area (Å²) < 4.78 is 48.8. The number of amides is 1. The Morgan fingerprint density at radius 2 is 1.88 bits per heavy atom. The molecule has 0 saturated carbocycles. The number of nitrogens with zero attached hydrogens (tertiary/aromatic N) is 4. The summed E-state index contributed by atoms with van der Waals surface area (Å²) in [5.74, 6) is 0.336. The van der Waals surface area contributed by atoms with Crippen LogP contribution in [-0.2, 0) is 17.1 Å². The average Bonchev–Trinajstić information content (AvgIpc) is 3.53. The number of carbonyl (C=O) groups is 1. The van der Waals surface area contributed by atoms with E-state index < -0.39 is 15.8 Å². The number of fused-ring (bicyclic) bond motifs is 2. The third-order valence-corrected chi connectivity index (χ3v) is 9.33. The minimum absolute atomic E-state index is 0.0520. The number of sulfonamides is 1. The van der Waals surface area contributed by atoms with Crippen molar-refractivity contribution in [1.29, 1.82) is 0 Å². The van der Waals surface area contributed by atoms with Crippen molar-refractivity contribution in [2.24, 2.45) is 7.05 Å². The quantitative estimate of drug-likeness (QED) is 0.290. The second-order valence-electron chi connectivity index (χ2n) is 10.8. The number of anilines is 2. The number of para-hydroxylation sites is 2. The molecule has 6 rings (SSSR count). The SMILES string of the molecule is CNC(=O)c1c(-c2ccc(F)cc2)oc2cc(N(C)S(C)(=O)=O)c(C3CCCN(c4nc5ccccc5n4C)C3)cc12. The number of hydrogen-bond acceptors (Lipinski definition) is 6. The first-order valence-electron chi connectivity index (χ1n) is 13.8. The van der Waals surface area contributed by atoms with Gasteiger partial charge in [-0.3, -0.25) is 9.10 Å². The average molecular weight is 590 g/mol. The van der Waals surface area contributed by atoms with Crippen LogP contribution in [0.25, 0.3) is 33.3 Å². The standard InChI is InChI=1S/C31H32FN5O4S/c1-33-30(38)28-23-16-22(20-8-7-15-37(18-20)31-34-24-9-5-6-10-25(24)35(31)2)26(36(3)42(4,39)40)17-27(23)41-29(28)19-11-13-21(32)14-12-19/h5-6,9-14,16-17,20H,7-8,15,18H2,1-4H3,(H,33,38). The zero-order valence-electron chi connectivity index (χ0n) is 23.9. The number of rotatable bonds is 6. The van der Waals surface area contributed by atoms with E-state index in [1.807, 2.05) is 37.4 Å². The van der Waals surface area contributed by atoms with Gasteiger partial charge in [0.2, 0.25) is 16.0 Å². The van der Waals surface area contributed by atoms with Crippen molar-refractivity contribution in [1.82, 2.24) is 14.9 Å². The molecule has 1 aliphatic heterocycles. The van der Waals surface area contributed by atoms with Crippen LogP contribution in [0.15, 0.2) is 65.1 Å². The summed E-state index contributed by atoms with van der Waals surface area (Å²) in [5.41, 5.74) is 4.47. The highest BCUT2D eigenvalue weighted by Gasteiger charge is 2.31. The second kappa shape index (κ2) is 10.5. The molecular formula is C31H32FN5O4S. The number of nitrogens with one attached hydrogen (secondary N) is 1. The molecule has 0 spiro atoms. The van der Waals surface area contributed by atoms with Gasteiger partial charge in [-0.25, -0.2) is 17.8 Å². The lowest BCUT2D eigenvalue weighted by molar-refractivity contribution is 0.0964. The first kappa shape index (κ1) is 27.8. The maximum atomic E-state index is 13.7. The van der Waals surface area contributed by atoms with Crippen LogP contribution in [0.2, 0.25) is 0 Å². The molecule has 1 atom stereocenters. The van der Waals surface area contributed by atoms with Gasteiger partial charge in [-0.1, -0.05) is 12.1 Å². The van der Waals surface area contributed by atoms with Crippen molar-refractivity contribution in [2.75, 3.05) is 42.6 Å². The molecule has 1 N–H and O–H groups in total. The first-order chi connectivity index (χ1) is 20.1. The van der Waals surface area contributed by atoms with E-state index >= 15 is 0 Å². The van der Waals surface area contributed by atoms with Crippen molar-refractivity contribution in [2.45, 2.75) is 18.8 Å². The number of furan rings is 1. The fourth-order valence-electron chi connectivity index (χ4n) is 5.91. The van der Waals surface area contributed by atoms with Gasteiger partial charge in [0.25, 0.3) is 5.91 Å². The highest BCUT2D eigenvalue weighted by atomic mass is 32.2. The summed E-state index contributed by atoms with van der Waals surface area (Å²) in [6, 6.07) is 17.3. The molecule has 42 heavy (non-hydrogen) atoms. The lowest BCUT2D eigenvalue weighted by Crippen LogP contribution is -2.37. The van der Waals surface area contributed by atoms with E-state index in [1.54, 1.807) is 18.2 Å². The van der Waals surface area contributed by atoms with Gasteiger partial charge in [-0.05, 0) is 60.9 Å². The van der Waals surface area contributed by atoms with E-state index in [4.69, 9.17) is 9.40 Å². The Morgan fingerprint density at radius 3 is 2.57 bits per heavy atom. The van der Waals surface area contributed by atoms with Crippen LogP contribution in [0.4, 0.5) is 16.0 Å². The number of halogens is 1. The van der Waals surface area contributed by atoms with Crippen molar-refractivity contribution in [3.63, 3.8) is 0 Å². The normalized spacial score (nSPS) is 15.8. The van der Waals surface area contributed by atoms with Crippen LogP contribution in [0, 0.1) is 5.82 Å². The molecule has 0 aliphatic carbocycles. The van der Waals surface area contributed by atoms with Crippen LogP contribution < -0.4 is 14.5 Å². The first-order valence-corrected chi connectivity index (χ1v) is 15.6. The predicted molar refractivity (Wildman–Crippen MR) is 163 cm³/mol. The van der Waals surface area contributed by atoms with Crippen molar-refractivity contribution >= 4 is 49.6 Å². The Bertz CT molecular complexity index is 1930. The Labute approximate surface area is 243 Å². The van der Waals surface area contributed by atoms with Gasteiger partial charge in [-0.2, -0.15) is 0 Å². The van der Waals surface area contributed by atoms with E-state index in [2.05, 4.69) is 14.8 Å². The van der Waals surface area contributed by atoms with Crippen molar-refractivity contribution in [3.8, 4) is 11.3 Å². The Morgan fingerprint density at radius 1 is 1.14 bits per heavy atom. The highest BCUT2D eigenvalue weighted by Crippen LogP contribution is 2.42. The second-order valence-corrected chi connectivity index (χ2v) is 12.8. The van der Waals surface area contributed by atoms with E-state index in [9.17, 15) is 17.6 Å². The number of aryl methyl sites for hydroxylation is 1. The molecule has 5 aromatic rings. The summed E-state index contributed by atoms with van der Waals surface area (Å²) in [5, 5.41) is 3.25. The summed E-state index contributed by atoms with van der Waals surface area (Å²) >= 11 is 0. The molecule has 1 saturated heterocycles. The summed E-state index contributed by atoms with van der Waals surface area (Å²) in [7, 11) is 1.45. The maximum absolute atomic E-state index is 13.7. The Kier molecular flexibility index (Phi) is 6.92. The molecule has 1 unspecified atom stereocenters. The van der Waals surface area contributed by atoms with E-state index in [0.29, 0.717) is 40.1 Å². The molecule has 0 bridgehead atoms. The molecule has 11 heteroatoms. The molecule has 0 radical (unpaired) electrons. The number of hydrogen-bond donors (Lipinski definition) is 1. The predicted octanol–water partition coefficient (Wildman–Crippen LogP) is 5.27. The van der Waals surface area contributed by atoms with Crippen LogP contribution in [0.3, 0.4) is 0 Å². The Balaban J connectivity index is 1.51. The van der Waals surface area contributed by atoms with Crippen molar-refractivity contribution in [3.05, 3.63) is 77.6 Å². The topological polar surface area (TPSA) is 101 Å². The number of carbonyl (C=O) groups excluding carboxylic acids is 1. The molecule has 9 nitrogen and oxygen atoms in total. The number of piperidine rings is 1. The fourth-order valence-corrected chi connectivity index (χ4v) is 6.43. The third-order valence-electron chi connectivity index (χ3n) is 8.14. The monoisotopic (exact) mass is 589 g/mol. The summed E-state index contributed by atoms with van der Waals surface area (Å²) in [6.45, 7) is 1.43. The maximum Gasteiger partial charge on any atom is 0.255 e. The molecule has 2 aromatic heterocycles. The zero-order valence-corrected chi connectivity index (χ0v) is 24.7. The molecular weight excluding hydrogens is 557 g/mol. The molecule has 1 fully saturated rings. The fraction of sp³-hybridized carbons (Fsp3) is 0.290.